The van der Waals surface area contributed by atoms with Gasteiger partial charge in [0.05, 0.1) is 0 Å². The summed E-state index contributed by atoms with van der Waals surface area (Å²) in [4.78, 5) is 0. The summed E-state index contributed by atoms with van der Waals surface area (Å²) in [5.74, 6) is 0. The third-order valence-electron chi connectivity index (χ3n) is 0. The number of rotatable bonds is 0. The second-order valence-electron chi connectivity index (χ2n) is 0. The summed E-state index contributed by atoms with van der Waals surface area (Å²) in [5, 5.41) is 0. The second-order valence-corrected chi connectivity index (χ2v) is 0. The van der Waals surface area contributed by atoms with Crippen molar-refractivity contribution in [3.63, 3.8) is 0 Å². The van der Waals surface area contributed by atoms with Crippen LogP contribution in [0, 0.1) is 7.43 Å². The molecule has 0 aliphatic rings. The summed E-state index contributed by atoms with van der Waals surface area (Å²) < 4.78 is 0. The molecule has 0 unspecified atom stereocenters. The molecule has 0 fully saturated rings. The molecule has 0 N–H and O–H groups in total. The largest absolute Gasteiger partial charge is 4.00 e. The van der Waals surface area contributed by atoms with E-state index in [1.807, 2.05) is 0 Å². The Morgan fingerprint density at radius 1 is 0.333 bits per heavy atom. The Bertz CT molecular complexity index is 19.4. The van der Waals surface area contributed by atoms with Crippen molar-refractivity contribution >= 4 is 99.5 Å². The molecule has 0 rings (SSSR count). The van der Waals surface area contributed by atoms with Crippen molar-refractivity contribution in [2.24, 2.45) is 0 Å². The van der Waals surface area contributed by atoms with Crippen LogP contribution in [0.5, 0.6) is 0 Å². The van der Waals surface area contributed by atoms with Gasteiger partial charge in [-0.3, -0.25) is 0 Å². The van der Waals surface area contributed by atoms with Gasteiger partial charge in [-0.2, -0.15) is 0 Å². The van der Waals surface area contributed by atoms with Crippen LogP contribution in [0.3, 0.4) is 0 Å². The molecule has 0 atom stereocenters. The normalized spacial score (nSPS) is 0. The van der Waals surface area contributed by atoms with Crippen molar-refractivity contribution in [3.8, 4) is 0 Å². The molecule has 0 aliphatic carbocycles. The van der Waals surface area contributed by atoms with E-state index in [-0.39, 0.29) is 145 Å². The van der Waals surface area contributed by atoms with Gasteiger partial charge in [0.15, 0.2) is 0 Å². The molecule has 0 bridgehead atoms. The Morgan fingerprint density at radius 2 is 0.333 bits per heavy atom. The first-order valence-electron chi connectivity index (χ1n) is 0. The van der Waals surface area contributed by atoms with E-state index in [4.69, 9.17) is 0 Å². The maximum absolute atomic E-state index is 0. The van der Waals surface area contributed by atoms with E-state index >= 15 is 0 Å². The van der Waals surface area contributed by atoms with Crippen LogP contribution < -0.4 is 0 Å². The van der Waals surface area contributed by atoms with Crippen molar-refractivity contribution in [3.05, 3.63) is 7.43 Å². The summed E-state index contributed by atoms with van der Waals surface area (Å²) in [6.07, 6.45) is 0. The molecule has 0 aromatic rings. The fourth-order valence-corrected chi connectivity index (χ4v) is 0. The van der Waals surface area contributed by atoms with Gasteiger partial charge in [0.25, 0.3) is 0 Å². The predicted octanol–water partition coefficient (Wildman–Crippen LogP) is -2.27. The van der Waals surface area contributed by atoms with Crippen LogP contribution in [-0.4, -0.2) is 99.5 Å². The van der Waals surface area contributed by atoms with Gasteiger partial charge in [0, 0.05) is 7.43 Å². The Balaban J connectivity index is 0. The minimum atomic E-state index is 0. The van der Waals surface area contributed by atoms with Gasteiger partial charge < -0.3 is 38.3 Å². The fraction of sp³-hybridized carbons (Fsp3) is 0. The smallest absolute Gasteiger partial charge is 2.00 e. The van der Waals surface area contributed by atoms with Gasteiger partial charge in [0.1, 0.15) is 0 Å². The predicted molar refractivity (Wildman–Crippen MR) is 31.1 cm³/mol. The van der Waals surface area contributed by atoms with E-state index in [0.29, 0.717) is 0 Å². The monoisotopic (exact) mass is 594 g/mol. The second kappa shape index (κ2) is 256. The minimum Gasteiger partial charge on any atom is -2.00 e. The van der Waals surface area contributed by atoms with E-state index in [1.165, 1.54) is 0 Å². The van der Waals surface area contributed by atoms with E-state index in [0.717, 1.165) is 0 Å². The Hall–Kier alpha value is 3.06. The Morgan fingerprint density at radius 3 is 0.333 bits per heavy atom. The van der Waals surface area contributed by atoms with Crippen LogP contribution in [0.2, 0.25) is 0 Å². The van der Waals surface area contributed by atoms with Crippen LogP contribution >= 0.6 is 0 Å². The van der Waals surface area contributed by atoms with Crippen LogP contribution in [0.4, 0.5) is 0 Å². The molecule has 4 radical (unpaired) electrons. The molecule has 12 heavy (non-hydrogen) atoms. The molecule has 0 aromatic heterocycles. The van der Waals surface area contributed by atoms with Gasteiger partial charge in [-0.1, -0.05) is 0 Å². The van der Waals surface area contributed by atoms with Gasteiger partial charge in [-0.15, -0.1) is 0 Å². The average molecular weight is 591 g/mol. The zero-order valence-electron chi connectivity index (χ0n) is 5.51. The summed E-state index contributed by atoms with van der Waals surface area (Å²) in [5.41, 5.74) is 0. The standard InChI is InChI=1S/C.2In.7O.2Sn/q;2*+3;7*-2;2*+4. The maximum atomic E-state index is 0. The first-order chi connectivity index (χ1) is 0. The average Bonchev–Trinajstić information content (AvgIpc) is 0. The molecule has 0 spiro atoms. The third-order valence-corrected chi connectivity index (χ3v) is 0. The topological polar surface area (TPSA) is 200 Å². The van der Waals surface area contributed by atoms with E-state index in [1.54, 1.807) is 0 Å². The molecular formula is CIn2O7Sn2. The van der Waals surface area contributed by atoms with Crippen molar-refractivity contribution in [1.29, 1.82) is 0 Å². The summed E-state index contributed by atoms with van der Waals surface area (Å²) >= 11 is 0. The van der Waals surface area contributed by atoms with Crippen LogP contribution in [-0.2, 0) is 38.3 Å². The molecule has 0 heterocycles. The molecule has 0 amide bonds. The van der Waals surface area contributed by atoms with Crippen LogP contribution in [0.15, 0.2) is 0 Å². The minimum absolute atomic E-state index is 0. The van der Waals surface area contributed by atoms with Crippen molar-refractivity contribution in [2.45, 2.75) is 0 Å². The van der Waals surface area contributed by atoms with E-state index in [2.05, 4.69) is 0 Å². The van der Waals surface area contributed by atoms with E-state index < -0.39 is 0 Å². The number of hydrogen-bond donors (Lipinski definition) is 0. The van der Waals surface area contributed by atoms with Gasteiger partial charge in [0.2, 0.25) is 0 Å². The summed E-state index contributed by atoms with van der Waals surface area (Å²) in [6, 6.07) is 0. The molecule has 60 valence electrons. The first-order valence-corrected chi connectivity index (χ1v) is 0. The zero-order chi connectivity index (χ0) is 0. The Kier molecular flexibility index (Phi) is 6800. The molecule has 0 saturated carbocycles. The van der Waals surface area contributed by atoms with Gasteiger partial charge >= 0.3 is 99.5 Å². The first kappa shape index (κ1) is 318. The molecular weight excluding hydrogens is 591 g/mol. The van der Waals surface area contributed by atoms with Crippen molar-refractivity contribution < 1.29 is 38.3 Å². The number of hydrogen-bond acceptors (Lipinski definition) is 0. The third kappa shape index (κ3) is 203. The molecule has 0 saturated heterocycles. The van der Waals surface area contributed by atoms with Crippen LogP contribution in [0.25, 0.3) is 0 Å². The summed E-state index contributed by atoms with van der Waals surface area (Å²) in [6.45, 7) is 0. The molecule has 11 heteroatoms. The molecule has 0 aliphatic heterocycles. The van der Waals surface area contributed by atoms with Crippen molar-refractivity contribution in [1.82, 2.24) is 0 Å². The zero-order valence-corrected chi connectivity index (χ0v) is 17.8. The SMILES string of the molecule is [C].[In+3].[In+3].[O-2].[O-2].[O-2].[O-2].[O-2].[O-2].[O-2].[Sn+4].[Sn+4]. The van der Waals surface area contributed by atoms with Crippen molar-refractivity contribution in [2.75, 3.05) is 0 Å². The quantitative estimate of drug-likeness (QED) is 0.274. The Labute approximate surface area is 143 Å². The fourth-order valence-electron chi connectivity index (χ4n) is 0. The van der Waals surface area contributed by atoms with E-state index in [9.17, 15) is 0 Å². The maximum Gasteiger partial charge on any atom is 4.00 e. The van der Waals surface area contributed by atoms with Gasteiger partial charge in [-0.05, 0) is 0 Å². The van der Waals surface area contributed by atoms with Crippen LogP contribution in [0.1, 0.15) is 0 Å². The van der Waals surface area contributed by atoms with Gasteiger partial charge in [-0.25, -0.2) is 0 Å². The molecule has 0 aromatic carbocycles. The summed E-state index contributed by atoms with van der Waals surface area (Å²) in [7, 11) is 0. The molecule has 7 nitrogen and oxygen atoms in total.